The van der Waals surface area contributed by atoms with Gasteiger partial charge in [-0.05, 0) is 20.8 Å². The molecule has 116 valence electrons. The van der Waals surface area contributed by atoms with Crippen LogP contribution in [0.2, 0.25) is 0 Å². The Labute approximate surface area is 125 Å². The second-order valence-electron chi connectivity index (χ2n) is 4.53. The summed E-state index contributed by atoms with van der Waals surface area (Å²) in [6.45, 7) is 4.99. The summed E-state index contributed by atoms with van der Waals surface area (Å²) in [5.74, 6) is -0.625. The Morgan fingerprint density at radius 2 is 1.62 bits per heavy atom. The van der Waals surface area contributed by atoms with Gasteiger partial charge in [0.2, 0.25) is 0 Å². The number of carbonyl (C=O) groups is 2. The predicted octanol–water partition coefficient (Wildman–Crippen LogP) is 3.48. The van der Waals surface area contributed by atoms with Crippen LogP contribution in [0.25, 0.3) is 0 Å². The van der Waals surface area contributed by atoms with E-state index in [9.17, 15) is 14.2 Å². The van der Waals surface area contributed by atoms with Gasteiger partial charge in [-0.3, -0.25) is 14.2 Å². The van der Waals surface area contributed by atoms with E-state index in [2.05, 4.69) is 0 Å². The molecule has 0 saturated carbocycles. The Hall–Kier alpha value is -1.29. The first kappa shape index (κ1) is 17.8. The fourth-order valence-corrected chi connectivity index (χ4v) is 4.06. The van der Waals surface area contributed by atoms with Crippen LogP contribution in [0.15, 0.2) is 30.3 Å². The van der Waals surface area contributed by atoms with Gasteiger partial charge in [0.05, 0.1) is 13.2 Å². The van der Waals surface area contributed by atoms with Crippen molar-refractivity contribution in [2.45, 2.75) is 32.9 Å². The topological polar surface area (TPSA) is 69.7 Å². The van der Waals surface area contributed by atoms with Crippen LogP contribution in [0, 0.1) is 0 Å². The molecular weight excluding hydrogens is 291 g/mol. The fraction of sp³-hybridized carbons (Fsp3) is 0.467. The quantitative estimate of drug-likeness (QED) is 0.516. The van der Waals surface area contributed by atoms with Crippen LogP contribution in [0.1, 0.15) is 37.6 Å². The molecule has 0 radical (unpaired) electrons. The van der Waals surface area contributed by atoms with Crippen molar-refractivity contribution in [3.63, 3.8) is 0 Å². The molecule has 0 fully saturated rings. The van der Waals surface area contributed by atoms with Crippen molar-refractivity contribution in [2.75, 3.05) is 13.2 Å². The van der Waals surface area contributed by atoms with E-state index in [4.69, 9.17) is 9.05 Å². The maximum absolute atomic E-state index is 12.8. The number of benzene rings is 1. The third-order valence-electron chi connectivity index (χ3n) is 2.84. The van der Waals surface area contributed by atoms with Crippen molar-refractivity contribution in [1.29, 1.82) is 0 Å². The molecule has 1 atom stereocenters. The lowest BCUT2D eigenvalue weighted by Crippen LogP contribution is -2.26. The maximum atomic E-state index is 12.8. The van der Waals surface area contributed by atoms with E-state index < -0.39 is 19.0 Å². The lowest BCUT2D eigenvalue weighted by molar-refractivity contribution is -0.117. The third kappa shape index (κ3) is 4.88. The highest BCUT2D eigenvalue weighted by Crippen LogP contribution is 2.55. The van der Waals surface area contributed by atoms with Gasteiger partial charge in [0.25, 0.3) is 0 Å². The minimum absolute atomic E-state index is 0.147. The van der Waals surface area contributed by atoms with Crippen LogP contribution in [-0.4, -0.2) is 30.4 Å². The van der Waals surface area contributed by atoms with E-state index in [1.54, 1.807) is 44.2 Å². The van der Waals surface area contributed by atoms with Gasteiger partial charge in [-0.1, -0.05) is 30.3 Å². The van der Waals surface area contributed by atoms with E-state index in [1.807, 2.05) is 0 Å². The van der Waals surface area contributed by atoms with Gasteiger partial charge in [0, 0.05) is 12.0 Å². The molecule has 6 heteroatoms. The SMILES string of the molecule is CCOP(=O)(OCC)C(CC(C)=O)C(=O)c1ccccc1. The molecule has 0 spiro atoms. The van der Waals surface area contributed by atoms with Crippen LogP contribution in [-0.2, 0) is 18.4 Å². The van der Waals surface area contributed by atoms with Crippen molar-refractivity contribution < 1.29 is 23.2 Å². The molecule has 1 aromatic rings. The Morgan fingerprint density at radius 3 is 2.05 bits per heavy atom. The van der Waals surface area contributed by atoms with Crippen LogP contribution >= 0.6 is 7.60 Å². The lowest BCUT2D eigenvalue weighted by atomic mass is 10.1. The zero-order chi connectivity index (χ0) is 15.9. The summed E-state index contributed by atoms with van der Waals surface area (Å²) in [5, 5.41) is 0. The maximum Gasteiger partial charge on any atom is 0.341 e. The summed E-state index contributed by atoms with van der Waals surface area (Å²) in [6.07, 6.45) is -0.162. The molecule has 0 heterocycles. The molecular formula is C15H21O5P. The summed E-state index contributed by atoms with van der Waals surface area (Å²) < 4.78 is 23.3. The van der Waals surface area contributed by atoms with Gasteiger partial charge < -0.3 is 9.05 Å². The smallest absolute Gasteiger partial charge is 0.308 e. The molecule has 1 aromatic carbocycles. The van der Waals surface area contributed by atoms with Crippen LogP contribution < -0.4 is 0 Å². The molecule has 0 aromatic heterocycles. The highest BCUT2D eigenvalue weighted by Gasteiger charge is 2.41. The van der Waals surface area contributed by atoms with Gasteiger partial charge in [-0.25, -0.2) is 0 Å². The Morgan fingerprint density at radius 1 is 1.10 bits per heavy atom. The molecule has 0 aliphatic rings. The van der Waals surface area contributed by atoms with Gasteiger partial charge >= 0.3 is 7.60 Å². The lowest BCUT2D eigenvalue weighted by Gasteiger charge is -2.24. The first-order valence-electron chi connectivity index (χ1n) is 6.92. The van der Waals surface area contributed by atoms with E-state index >= 15 is 0 Å². The first-order valence-corrected chi connectivity index (χ1v) is 8.53. The standard InChI is InChI=1S/C15H21O5P/c1-4-19-21(18,20-5-2)14(11-12(3)16)15(17)13-9-7-6-8-10-13/h6-10,14H,4-5,11H2,1-3H3. The molecule has 0 saturated heterocycles. The number of hydrogen-bond acceptors (Lipinski definition) is 5. The van der Waals surface area contributed by atoms with Crippen molar-refractivity contribution in [1.82, 2.24) is 0 Å². The van der Waals surface area contributed by atoms with E-state index in [0.717, 1.165) is 0 Å². The van der Waals surface area contributed by atoms with E-state index in [0.29, 0.717) is 5.56 Å². The number of rotatable bonds is 9. The van der Waals surface area contributed by atoms with Crippen molar-refractivity contribution >= 4 is 19.2 Å². The van der Waals surface area contributed by atoms with Crippen LogP contribution in [0.3, 0.4) is 0 Å². The minimum atomic E-state index is -3.68. The van der Waals surface area contributed by atoms with E-state index in [1.165, 1.54) is 6.92 Å². The van der Waals surface area contributed by atoms with Gasteiger partial charge in [0.1, 0.15) is 11.4 Å². The zero-order valence-electron chi connectivity index (χ0n) is 12.6. The van der Waals surface area contributed by atoms with Gasteiger partial charge in [-0.2, -0.15) is 0 Å². The highest BCUT2D eigenvalue weighted by atomic mass is 31.2. The molecule has 0 amide bonds. The molecule has 21 heavy (non-hydrogen) atoms. The molecule has 1 unspecified atom stereocenters. The van der Waals surface area contributed by atoms with Crippen LogP contribution in [0.4, 0.5) is 0 Å². The van der Waals surface area contributed by atoms with Crippen LogP contribution in [0.5, 0.6) is 0 Å². The normalized spacial score (nSPS) is 12.9. The van der Waals surface area contributed by atoms with Crippen molar-refractivity contribution in [2.24, 2.45) is 0 Å². The molecule has 0 bridgehead atoms. The minimum Gasteiger partial charge on any atom is -0.308 e. The monoisotopic (exact) mass is 312 g/mol. The van der Waals surface area contributed by atoms with Crippen molar-refractivity contribution in [3.05, 3.63) is 35.9 Å². The summed E-state index contributed by atoms with van der Waals surface area (Å²) in [7, 11) is -3.68. The number of ketones is 2. The van der Waals surface area contributed by atoms with E-state index in [-0.39, 0.29) is 25.4 Å². The second-order valence-corrected chi connectivity index (χ2v) is 6.75. The number of Topliss-reactive ketones (excluding diaryl/α,β-unsaturated/α-hetero) is 2. The number of carbonyl (C=O) groups excluding carboxylic acids is 2. The molecule has 0 N–H and O–H groups in total. The van der Waals surface area contributed by atoms with Gasteiger partial charge in [0.15, 0.2) is 5.78 Å². The Bertz CT molecular complexity index is 516. The zero-order valence-corrected chi connectivity index (χ0v) is 13.5. The first-order chi connectivity index (χ1) is 9.94. The summed E-state index contributed by atoms with van der Waals surface area (Å²) in [5.41, 5.74) is -0.708. The highest BCUT2D eigenvalue weighted by molar-refractivity contribution is 7.55. The molecule has 1 rings (SSSR count). The molecule has 5 nitrogen and oxygen atoms in total. The molecule has 0 aliphatic heterocycles. The Balaban J connectivity index is 3.17. The summed E-state index contributed by atoms with van der Waals surface area (Å²) >= 11 is 0. The fourth-order valence-electron chi connectivity index (χ4n) is 1.99. The molecule has 0 aliphatic carbocycles. The number of hydrogen-bond donors (Lipinski definition) is 0. The average Bonchev–Trinajstić information content (AvgIpc) is 2.45. The Kier molecular flexibility index (Phi) is 6.96. The predicted molar refractivity (Wildman–Crippen MR) is 80.7 cm³/mol. The summed E-state index contributed by atoms with van der Waals surface area (Å²) in [6, 6.07) is 8.45. The average molecular weight is 312 g/mol. The summed E-state index contributed by atoms with van der Waals surface area (Å²) in [4.78, 5) is 24.1. The largest absolute Gasteiger partial charge is 0.341 e. The second kappa shape index (κ2) is 8.23. The van der Waals surface area contributed by atoms with Gasteiger partial charge in [-0.15, -0.1) is 0 Å². The third-order valence-corrected chi connectivity index (χ3v) is 5.26. The van der Waals surface area contributed by atoms with Crippen molar-refractivity contribution in [3.8, 4) is 0 Å².